The van der Waals surface area contributed by atoms with Crippen LogP contribution in [0.1, 0.15) is 18.1 Å². The number of hydrogen-bond acceptors (Lipinski definition) is 3. The zero-order chi connectivity index (χ0) is 17.5. The quantitative estimate of drug-likeness (QED) is 0.764. The summed E-state index contributed by atoms with van der Waals surface area (Å²) in [5, 5.41) is 0. The summed E-state index contributed by atoms with van der Waals surface area (Å²) in [7, 11) is 0. The van der Waals surface area contributed by atoms with E-state index in [1.807, 2.05) is 25.1 Å². The van der Waals surface area contributed by atoms with Gasteiger partial charge in [0, 0.05) is 5.69 Å². The van der Waals surface area contributed by atoms with Gasteiger partial charge in [-0.05, 0) is 43.2 Å². The van der Waals surface area contributed by atoms with Crippen molar-refractivity contribution >= 4 is 17.6 Å². The first-order valence-corrected chi connectivity index (χ1v) is 7.77. The molecule has 2 aromatic carbocycles. The molecule has 0 aliphatic carbocycles. The van der Waals surface area contributed by atoms with Gasteiger partial charge >= 0.3 is 5.97 Å². The minimum atomic E-state index is -0.465. The molecule has 0 saturated heterocycles. The van der Waals surface area contributed by atoms with Crippen LogP contribution < -0.4 is 4.90 Å². The van der Waals surface area contributed by atoms with Crippen LogP contribution in [0.5, 0.6) is 0 Å². The van der Waals surface area contributed by atoms with Gasteiger partial charge < -0.3 is 9.64 Å². The van der Waals surface area contributed by atoms with Gasteiger partial charge in [-0.2, -0.15) is 0 Å². The minimum Gasteiger partial charge on any atom is -0.465 e. The van der Waals surface area contributed by atoms with Gasteiger partial charge in [0.05, 0.1) is 13.0 Å². The lowest BCUT2D eigenvalue weighted by atomic mass is 10.1. The third-order valence-corrected chi connectivity index (χ3v) is 3.57. The summed E-state index contributed by atoms with van der Waals surface area (Å²) >= 11 is 0. The van der Waals surface area contributed by atoms with Crippen molar-refractivity contribution in [3.8, 4) is 0 Å². The minimum absolute atomic E-state index is 0.0774. The number of rotatable bonds is 6. The molecule has 0 bridgehead atoms. The van der Waals surface area contributed by atoms with Gasteiger partial charge in [0.15, 0.2) is 0 Å². The number of ether oxygens (including phenoxy) is 1. The van der Waals surface area contributed by atoms with Crippen LogP contribution in [0, 0.1) is 12.7 Å². The molecule has 0 fully saturated rings. The van der Waals surface area contributed by atoms with E-state index in [1.165, 1.54) is 17.0 Å². The lowest BCUT2D eigenvalue weighted by Crippen LogP contribution is -2.38. The summed E-state index contributed by atoms with van der Waals surface area (Å²) in [5.41, 5.74) is 2.23. The van der Waals surface area contributed by atoms with E-state index in [0.29, 0.717) is 11.3 Å². The van der Waals surface area contributed by atoms with Crippen LogP contribution in [0.3, 0.4) is 0 Å². The molecule has 0 spiro atoms. The second-order valence-electron chi connectivity index (χ2n) is 5.37. The fourth-order valence-corrected chi connectivity index (χ4v) is 2.38. The van der Waals surface area contributed by atoms with Gasteiger partial charge in [0.1, 0.15) is 12.4 Å². The summed E-state index contributed by atoms with van der Waals surface area (Å²) in [4.78, 5) is 26.0. The van der Waals surface area contributed by atoms with Crippen molar-refractivity contribution in [1.29, 1.82) is 0 Å². The van der Waals surface area contributed by atoms with Crippen LogP contribution in [-0.2, 0) is 20.7 Å². The molecule has 2 rings (SSSR count). The molecule has 0 unspecified atom stereocenters. The molecule has 0 aromatic heterocycles. The zero-order valence-electron chi connectivity index (χ0n) is 13.8. The summed E-state index contributed by atoms with van der Waals surface area (Å²) < 4.78 is 18.0. The fourth-order valence-electron chi connectivity index (χ4n) is 2.38. The smallest absolute Gasteiger partial charge is 0.326 e. The molecule has 24 heavy (non-hydrogen) atoms. The topological polar surface area (TPSA) is 46.6 Å². The Morgan fingerprint density at radius 3 is 2.38 bits per heavy atom. The first kappa shape index (κ1) is 17.7. The molecule has 1 amide bonds. The molecule has 0 N–H and O–H groups in total. The predicted molar refractivity (Wildman–Crippen MR) is 90.3 cm³/mol. The zero-order valence-corrected chi connectivity index (χ0v) is 13.8. The number of carbonyl (C=O) groups excluding carboxylic acids is 2. The number of anilines is 1. The maximum atomic E-state index is 13.0. The fraction of sp³-hybridized carbons (Fsp3) is 0.263. The Labute approximate surface area is 140 Å². The van der Waals surface area contributed by atoms with E-state index in [1.54, 1.807) is 25.1 Å². The highest BCUT2D eigenvalue weighted by atomic mass is 19.1. The van der Waals surface area contributed by atoms with Gasteiger partial charge in [-0.1, -0.05) is 30.3 Å². The van der Waals surface area contributed by atoms with Crippen LogP contribution in [0.2, 0.25) is 0 Å². The van der Waals surface area contributed by atoms with Crippen molar-refractivity contribution in [3.63, 3.8) is 0 Å². The Kier molecular flexibility index (Phi) is 6.07. The maximum absolute atomic E-state index is 13.0. The monoisotopic (exact) mass is 329 g/mol. The van der Waals surface area contributed by atoms with Crippen LogP contribution in [0.4, 0.5) is 10.1 Å². The normalized spacial score (nSPS) is 10.3. The average Bonchev–Trinajstić information content (AvgIpc) is 2.56. The van der Waals surface area contributed by atoms with Gasteiger partial charge in [-0.15, -0.1) is 0 Å². The van der Waals surface area contributed by atoms with Crippen molar-refractivity contribution in [2.75, 3.05) is 18.1 Å². The van der Waals surface area contributed by atoms with E-state index in [-0.39, 0.29) is 31.3 Å². The third-order valence-electron chi connectivity index (χ3n) is 3.57. The number of carbonyl (C=O) groups is 2. The first-order chi connectivity index (χ1) is 11.5. The Morgan fingerprint density at radius 1 is 1.08 bits per heavy atom. The number of amides is 1. The Bertz CT molecular complexity index is 713. The van der Waals surface area contributed by atoms with E-state index >= 15 is 0 Å². The lowest BCUT2D eigenvalue weighted by Gasteiger charge is -2.23. The van der Waals surface area contributed by atoms with Gasteiger partial charge in [0.25, 0.3) is 0 Å². The molecular weight excluding hydrogens is 309 g/mol. The van der Waals surface area contributed by atoms with E-state index in [9.17, 15) is 14.0 Å². The maximum Gasteiger partial charge on any atom is 0.326 e. The highest BCUT2D eigenvalue weighted by molar-refractivity contribution is 5.99. The summed E-state index contributed by atoms with van der Waals surface area (Å²) in [5.74, 6) is -1.06. The molecule has 2 aromatic rings. The van der Waals surface area contributed by atoms with Crippen molar-refractivity contribution in [3.05, 3.63) is 65.5 Å². The van der Waals surface area contributed by atoms with E-state index in [2.05, 4.69) is 0 Å². The number of halogens is 1. The molecule has 4 nitrogen and oxygen atoms in total. The number of benzene rings is 2. The summed E-state index contributed by atoms with van der Waals surface area (Å²) in [6.45, 7) is 3.69. The SMILES string of the molecule is CCOC(=O)CN(C(=O)Cc1ccc(F)cc1)c1ccccc1C. The van der Waals surface area contributed by atoms with Crippen LogP contribution in [-0.4, -0.2) is 25.0 Å². The van der Waals surface area contributed by atoms with Crippen molar-refractivity contribution < 1.29 is 18.7 Å². The van der Waals surface area contributed by atoms with Crippen LogP contribution in [0.15, 0.2) is 48.5 Å². The van der Waals surface area contributed by atoms with Gasteiger partial charge in [0.2, 0.25) is 5.91 Å². The highest BCUT2D eigenvalue weighted by Gasteiger charge is 2.21. The van der Waals surface area contributed by atoms with E-state index < -0.39 is 5.97 Å². The number of esters is 1. The van der Waals surface area contributed by atoms with Gasteiger partial charge in [-0.3, -0.25) is 9.59 Å². The molecular formula is C19H20FNO3. The molecule has 0 aliphatic rings. The molecule has 0 saturated carbocycles. The number of aryl methyl sites for hydroxylation is 1. The van der Waals surface area contributed by atoms with Crippen LogP contribution in [0.25, 0.3) is 0 Å². The molecule has 0 heterocycles. The molecule has 126 valence electrons. The van der Waals surface area contributed by atoms with Gasteiger partial charge in [-0.25, -0.2) is 4.39 Å². The molecule has 0 aliphatic heterocycles. The largest absolute Gasteiger partial charge is 0.465 e. The molecule has 0 radical (unpaired) electrons. The Morgan fingerprint density at radius 2 is 1.75 bits per heavy atom. The first-order valence-electron chi connectivity index (χ1n) is 7.77. The average molecular weight is 329 g/mol. The summed E-state index contributed by atoms with van der Waals surface area (Å²) in [6.07, 6.45) is 0.0774. The third kappa shape index (κ3) is 4.65. The Hall–Kier alpha value is -2.69. The second-order valence-corrected chi connectivity index (χ2v) is 5.37. The standard InChI is InChI=1S/C19H20FNO3/c1-3-24-19(23)13-21(17-7-5-4-6-14(17)2)18(22)12-15-8-10-16(20)11-9-15/h4-11H,3,12-13H2,1-2H3. The van der Waals surface area contributed by atoms with Crippen molar-refractivity contribution in [2.45, 2.75) is 20.3 Å². The highest BCUT2D eigenvalue weighted by Crippen LogP contribution is 2.20. The lowest BCUT2D eigenvalue weighted by molar-refractivity contribution is -0.142. The molecule has 5 heteroatoms. The van der Waals surface area contributed by atoms with Crippen molar-refractivity contribution in [2.24, 2.45) is 0 Å². The number of hydrogen-bond donors (Lipinski definition) is 0. The number of nitrogens with zero attached hydrogens (tertiary/aromatic N) is 1. The van der Waals surface area contributed by atoms with Crippen molar-refractivity contribution in [1.82, 2.24) is 0 Å². The van der Waals surface area contributed by atoms with E-state index in [4.69, 9.17) is 4.74 Å². The predicted octanol–water partition coefficient (Wildman–Crippen LogP) is 3.27. The summed E-state index contributed by atoms with van der Waals surface area (Å²) in [6, 6.07) is 13.1. The second kappa shape index (κ2) is 8.24. The Balaban J connectivity index is 2.24. The molecule has 0 atom stereocenters. The van der Waals surface area contributed by atoms with Crippen LogP contribution >= 0.6 is 0 Å². The number of para-hydroxylation sites is 1. The van der Waals surface area contributed by atoms with E-state index in [0.717, 1.165) is 5.56 Å².